The van der Waals surface area contributed by atoms with Crippen molar-refractivity contribution in [1.29, 1.82) is 0 Å². The standard InChI is InChI=1S/C13H14N2O3S/c1-3-10(13-14-4-5-19-13)15-12(17)11-7-9(16)6-8(2)18-11/h4-7,10H,3H2,1-2H3,(H,15,17)/t10-/m0/s1. The van der Waals surface area contributed by atoms with E-state index in [0.717, 1.165) is 11.4 Å². The van der Waals surface area contributed by atoms with E-state index in [4.69, 9.17) is 4.42 Å². The first kappa shape index (κ1) is 13.5. The van der Waals surface area contributed by atoms with Crippen molar-refractivity contribution < 1.29 is 9.21 Å². The molecule has 0 spiro atoms. The molecule has 0 saturated carbocycles. The van der Waals surface area contributed by atoms with Crippen molar-refractivity contribution in [3.63, 3.8) is 0 Å². The van der Waals surface area contributed by atoms with Gasteiger partial charge in [0.15, 0.2) is 11.2 Å². The molecule has 0 unspecified atom stereocenters. The average Bonchev–Trinajstić information content (AvgIpc) is 2.88. The van der Waals surface area contributed by atoms with Crippen LogP contribution in [0.3, 0.4) is 0 Å². The Morgan fingerprint density at radius 3 is 2.89 bits per heavy atom. The van der Waals surface area contributed by atoms with Gasteiger partial charge >= 0.3 is 0 Å². The molecule has 0 aliphatic rings. The normalized spacial score (nSPS) is 12.1. The van der Waals surface area contributed by atoms with Gasteiger partial charge in [-0.1, -0.05) is 6.92 Å². The third kappa shape index (κ3) is 3.29. The first-order valence-corrected chi connectivity index (χ1v) is 6.80. The predicted molar refractivity (Wildman–Crippen MR) is 72.3 cm³/mol. The maximum atomic E-state index is 12.0. The van der Waals surface area contributed by atoms with Gasteiger partial charge in [0.1, 0.15) is 10.8 Å². The van der Waals surface area contributed by atoms with Gasteiger partial charge in [-0.2, -0.15) is 0 Å². The second-order valence-corrected chi connectivity index (χ2v) is 5.00. The highest BCUT2D eigenvalue weighted by Gasteiger charge is 2.18. The fraction of sp³-hybridized carbons (Fsp3) is 0.308. The fourth-order valence-electron chi connectivity index (χ4n) is 1.69. The summed E-state index contributed by atoms with van der Waals surface area (Å²) in [5.41, 5.74) is -0.240. The van der Waals surface area contributed by atoms with Crippen molar-refractivity contribution in [1.82, 2.24) is 10.3 Å². The Hall–Kier alpha value is -1.95. The highest BCUT2D eigenvalue weighted by atomic mass is 32.1. The zero-order valence-electron chi connectivity index (χ0n) is 10.7. The number of nitrogens with one attached hydrogen (secondary N) is 1. The first-order chi connectivity index (χ1) is 9.10. The van der Waals surface area contributed by atoms with E-state index in [1.165, 1.54) is 23.5 Å². The Kier molecular flexibility index (Phi) is 4.11. The molecule has 0 aromatic carbocycles. The van der Waals surface area contributed by atoms with E-state index in [9.17, 15) is 9.59 Å². The Morgan fingerprint density at radius 2 is 2.32 bits per heavy atom. The van der Waals surface area contributed by atoms with Gasteiger partial charge in [-0.3, -0.25) is 9.59 Å². The quantitative estimate of drug-likeness (QED) is 0.931. The molecule has 0 aliphatic heterocycles. The molecule has 0 saturated heterocycles. The molecule has 2 aromatic heterocycles. The molecule has 0 bridgehead atoms. The number of rotatable bonds is 4. The van der Waals surface area contributed by atoms with Gasteiger partial charge in [-0.05, 0) is 13.3 Å². The van der Waals surface area contributed by atoms with Crippen LogP contribution in [0.15, 0.2) is 32.9 Å². The van der Waals surface area contributed by atoms with E-state index in [1.807, 2.05) is 12.3 Å². The topological polar surface area (TPSA) is 72.2 Å². The van der Waals surface area contributed by atoms with Crippen LogP contribution >= 0.6 is 11.3 Å². The number of aryl methyl sites for hydroxylation is 1. The molecule has 5 nitrogen and oxygen atoms in total. The van der Waals surface area contributed by atoms with Crippen molar-refractivity contribution in [3.8, 4) is 0 Å². The molecule has 19 heavy (non-hydrogen) atoms. The van der Waals surface area contributed by atoms with Crippen LogP contribution in [0.4, 0.5) is 0 Å². The lowest BCUT2D eigenvalue weighted by molar-refractivity contribution is 0.0903. The highest BCUT2D eigenvalue weighted by molar-refractivity contribution is 7.09. The molecule has 2 rings (SSSR count). The summed E-state index contributed by atoms with van der Waals surface area (Å²) >= 11 is 1.48. The molecule has 2 heterocycles. The van der Waals surface area contributed by atoms with Crippen LogP contribution in [0.1, 0.15) is 40.7 Å². The van der Waals surface area contributed by atoms with Gasteiger partial charge in [-0.15, -0.1) is 11.3 Å². The highest BCUT2D eigenvalue weighted by Crippen LogP contribution is 2.19. The van der Waals surface area contributed by atoms with E-state index in [0.29, 0.717) is 5.76 Å². The molecule has 0 fully saturated rings. The second kappa shape index (κ2) is 5.79. The monoisotopic (exact) mass is 278 g/mol. The number of aromatic nitrogens is 1. The minimum Gasteiger partial charge on any atom is -0.456 e. The third-order valence-electron chi connectivity index (χ3n) is 2.58. The summed E-state index contributed by atoms with van der Waals surface area (Å²) in [5.74, 6) is 0.0443. The number of nitrogens with zero attached hydrogens (tertiary/aromatic N) is 1. The van der Waals surface area contributed by atoms with Crippen molar-refractivity contribution in [2.75, 3.05) is 0 Å². The molecule has 6 heteroatoms. The number of hydrogen-bond acceptors (Lipinski definition) is 5. The largest absolute Gasteiger partial charge is 0.456 e. The third-order valence-corrected chi connectivity index (χ3v) is 3.47. The van der Waals surface area contributed by atoms with Gasteiger partial charge in [-0.25, -0.2) is 4.98 Å². The summed E-state index contributed by atoms with van der Waals surface area (Å²) < 4.78 is 5.25. The Labute approximate surface area is 114 Å². The van der Waals surface area contributed by atoms with Crippen molar-refractivity contribution in [3.05, 3.63) is 50.5 Å². The average molecular weight is 278 g/mol. The van der Waals surface area contributed by atoms with Gasteiger partial charge < -0.3 is 9.73 Å². The molecular formula is C13H14N2O3S. The minimum absolute atomic E-state index is 0.0278. The molecule has 2 aromatic rings. The maximum Gasteiger partial charge on any atom is 0.287 e. The summed E-state index contributed by atoms with van der Waals surface area (Å²) in [6.45, 7) is 3.59. The molecular weight excluding hydrogens is 264 g/mol. The lowest BCUT2D eigenvalue weighted by Crippen LogP contribution is -2.28. The fourth-order valence-corrected chi connectivity index (χ4v) is 2.46. The maximum absolute atomic E-state index is 12.0. The van der Waals surface area contributed by atoms with Crippen LogP contribution < -0.4 is 10.7 Å². The van der Waals surface area contributed by atoms with Gasteiger partial charge in [0.05, 0.1) is 6.04 Å². The summed E-state index contributed by atoms with van der Waals surface area (Å²) in [5, 5.41) is 5.51. The molecule has 1 amide bonds. The van der Waals surface area contributed by atoms with Crippen LogP contribution in [-0.2, 0) is 0 Å². The SMILES string of the molecule is CC[C@H](NC(=O)c1cc(=O)cc(C)o1)c1nccs1. The molecule has 100 valence electrons. The Balaban J connectivity index is 2.18. The number of amides is 1. The van der Waals surface area contributed by atoms with Crippen molar-refractivity contribution in [2.45, 2.75) is 26.3 Å². The van der Waals surface area contributed by atoms with Crippen LogP contribution in [0.2, 0.25) is 0 Å². The summed E-state index contributed by atoms with van der Waals surface area (Å²) in [6, 6.07) is 2.37. The van der Waals surface area contributed by atoms with Gasteiger partial charge in [0.25, 0.3) is 5.91 Å². The van der Waals surface area contributed by atoms with Gasteiger partial charge in [0, 0.05) is 23.7 Å². The smallest absolute Gasteiger partial charge is 0.287 e. The number of thiazole rings is 1. The summed E-state index contributed by atoms with van der Waals surface area (Å²) in [6.07, 6.45) is 2.41. The van der Waals surface area contributed by atoms with Crippen molar-refractivity contribution >= 4 is 17.2 Å². The van der Waals surface area contributed by atoms with Crippen molar-refractivity contribution in [2.24, 2.45) is 0 Å². The Bertz CT molecular complexity index is 619. The van der Waals surface area contributed by atoms with Crippen LogP contribution in [0, 0.1) is 6.92 Å². The van der Waals surface area contributed by atoms with E-state index in [-0.39, 0.29) is 17.2 Å². The molecule has 0 aliphatic carbocycles. The second-order valence-electron chi connectivity index (χ2n) is 4.07. The lowest BCUT2D eigenvalue weighted by Gasteiger charge is -2.13. The number of carbonyl (C=O) groups is 1. The Morgan fingerprint density at radius 1 is 1.53 bits per heavy atom. The predicted octanol–water partition coefficient (Wildman–Crippen LogP) is 2.29. The summed E-state index contributed by atoms with van der Waals surface area (Å²) in [4.78, 5) is 27.6. The molecule has 1 N–H and O–H groups in total. The number of hydrogen-bond donors (Lipinski definition) is 1. The van der Waals surface area contributed by atoms with E-state index < -0.39 is 5.91 Å². The minimum atomic E-state index is -0.400. The molecule has 1 atom stereocenters. The van der Waals surface area contributed by atoms with Crippen LogP contribution in [0.5, 0.6) is 0 Å². The van der Waals surface area contributed by atoms with Crippen LogP contribution in [0.25, 0.3) is 0 Å². The zero-order valence-corrected chi connectivity index (χ0v) is 11.5. The zero-order chi connectivity index (χ0) is 13.8. The van der Waals surface area contributed by atoms with Crippen LogP contribution in [-0.4, -0.2) is 10.9 Å². The van der Waals surface area contributed by atoms with E-state index in [2.05, 4.69) is 10.3 Å². The number of carbonyl (C=O) groups excluding carboxylic acids is 1. The van der Waals surface area contributed by atoms with E-state index >= 15 is 0 Å². The first-order valence-electron chi connectivity index (χ1n) is 5.92. The summed E-state index contributed by atoms with van der Waals surface area (Å²) in [7, 11) is 0. The van der Waals surface area contributed by atoms with Gasteiger partial charge in [0.2, 0.25) is 0 Å². The lowest BCUT2D eigenvalue weighted by atomic mass is 10.2. The molecule has 0 radical (unpaired) electrons. The van der Waals surface area contributed by atoms with E-state index in [1.54, 1.807) is 13.1 Å².